The first-order chi connectivity index (χ1) is 8.21. The largest absolute Gasteiger partial charge is 0.374 e. The van der Waals surface area contributed by atoms with Gasteiger partial charge >= 0.3 is 0 Å². The lowest BCUT2D eigenvalue weighted by Gasteiger charge is -2.18. The fourth-order valence-electron chi connectivity index (χ4n) is 1.38. The number of nitrogens with one attached hydrogen (secondary N) is 2. The number of hydrogen-bond donors (Lipinski definition) is 2. The molecule has 0 saturated heterocycles. The van der Waals surface area contributed by atoms with Gasteiger partial charge in [0.05, 0.1) is 6.54 Å². The number of amides is 1. The number of carbonyl (C=O) groups excluding carboxylic acids is 1. The highest BCUT2D eigenvalue weighted by Crippen LogP contribution is 2.18. The Balaban J connectivity index is 2.60. The van der Waals surface area contributed by atoms with Crippen LogP contribution in [0, 0.1) is 0 Å². The summed E-state index contributed by atoms with van der Waals surface area (Å²) in [5.41, 5.74) is 0.905. The third kappa shape index (κ3) is 4.27. The van der Waals surface area contributed by atoms with E-state index in [0.29, 0.717) is 13.1 Å². The van der Waals surface area contributed by atoms with Gasteiger partial charge in [0.25, 0.3) is 0 Å². The lowest BCUT2D eigenvalue weighted by molar-refractivity contribution is -0.121. The van der Waals surface area contributed by atoms with E-state index in [1.165, 1.54) is 11.5 Å². The van der Waals surface area contributed by atoms with Gasteiger partial charge in [-0.15, -0.1) is 5.10 Å². The number of rotatable bonds is 7. The molecule has 0 saturated carbocycles. The van der Waals surface area contributed by atoms with Crippen LogP contribution in [0.2, 0.25) is 0 Å². The van der Waals surface area contributed by atoms with Gasteiger partial charge < -0.3 is 10.6 Å². The van der Waals surface area contributed by atoms with Crippen molar-refractivity contribution in [2.75, 3.05) is 32.0 Å². The Morgan fingerprint density at radius 3 is 2.82 bits per heavy atom. The van der Waals surface area contributed by atoms with E-state index >= 15 is 0 Å². The van der Waals surface area contributed by atoms with Crippen LogP contribution < -0.4 is 10.6 Å². The standard InChI is InChI=1S/C10H19N5OS/c1-4-12-10-8(13-14-17-10)6-15(5-2)7-9(16)11-3/h12H,4-7H2,1-3H3,(H,11,16). The lowest BCUT2D eigenvalue weighted by Crippen LogP contribution is -2.35. The molecule has 6 nitrogen and oxygen atoms in total. The maximum absolute atomic E-state index is 11.3. The van der Waals surface area contributed by atoms with Gasteiger partial charge in [-0.25, -0.2) is 0 Å². The van der Waals surface area contributed by atoms with Gasteiger partial charge in [0.2, 0.25) is 5.91 Å². The van der Waals surface area contributed by atoms with Crippen LogP contribution >= 0.6 is 11.5 Å². The molecular weight excluding hydrogens is 238 g/mol. The Bertz CT molecular complexity index is 354. The summed E-state index contributed by atoms with van der Waals surface area (Å²) in [5, 5.41) is 10.9. The Hall–Kier alpha value is -1.21. The van der Waals surface area contributed by atoms with Crippen LogP contribution in [0.4, 0.5) is 5.00 Å². The summed E-state index contributed by atoms with van der Waals surface area (Å²) in [6.07, 6.45) is 0. The minimum Gasteiger partial charge on any atom is -0.374 e. The van der Waals surface area contributed by atoms with Crippen LogP contribution in [0.1, 0.15) is 19.5 Å². The predicted octanol–water partition coefficient (Wildman–Crippen LogP) is 0.538. The fraction of sp³-hybridized carbons (Fsp3) is 0.700. The average Bonchev–Trinajstić information content (AvgIpc) is 2.76. The van der Waals surface area contributed by atoms with E-state index in [-0.39, 0.29) is 5.91 Å². The molecule has 0 aliphatic rings. The van der Waals surface area contributed by atoms with Crippen molar-refractivity contribution in [3.8, 4) is 0 Å². The summed E-state index contributed by atoms with van der Waals surface area (Å²) in [4.78, 5) is 13.3. The molecule has 0 radical (unpaired) electrons. The molecule has 0 spiro atoms. The second-order valence-electron chi connectivity index (χ2n) is 3.56. The number of likely N-dealkylation sites (N-methyl/N-ethyl adjacent to an activating group) is 2. The zero-order chi connectivity index (χ0) is 12.7. The number of aromatic nitrogens is 2. The van der Waals surface area contributed by atoms with Crippen LogP contribution in [0.3, 0.4) is 0 Å². The number of carbonyl (C=O) groups is 1. The van der Waals surface area contributed by atoms with Crippen molar-refractivity contribution in [3.05, 3.63) is 5.69 Å². The lowest BCUT2D eigenvalue weighted by atomic mass is 10.3. The van der Waals surface area contributed by atoms with E-state index < -0.39 is 0 Å². The summed E-state index contributed by atoms with van der Waals surface area (Å²) in [5.74, 6) is 0.0139. The number of nitrogens with zero attached hydrogens (tertiary/aromatic N) is 3. The molecule has 0 aromatic carbocycles. The third-order valence-electron chi connectivity index (χ3n) is 2.36. The minimum absolute atomic E-state index is 0.0139. The van der Waals surface area contributed by atoms with Crippen molar-refractivity contribution in [2.24, 2.45) is 0 Å². The Morgan fingerprint density at radius 1 is 1.47 bits per heavy atom. The summed E-state index contributed by atoms with van der Waals surface area (Å²) < 4.78 is 3.93. The fourth-order valence-corrected chi connectivity index (χ4v) is 2.02. The molecule has 1 aromatic heterocycles. The number of anilines is 1. The molecule has 1 aromatic rings. The van der Waals surface area contributed by atoms with Crippen LogP contribution in [0.15, 0.2) is 0 Å². The highest BCUT2D eigenvalue weighted by Gasteiger charge is 2.13. The first-order valence-corrected chi connectivity index (χ1v) is 6.46. The quantitative estimate of drug-likeness (QED) is 0.746. The van der Waals surface area contributed by atoms with E-state index in [2.05, 4.69) is 20.2 Å². The zero-order valence-electron chi connectivity index (χ0n) is 10.5. The molecule has 17 heavy (non-hydrogen) atoms. The molecule has 1 heterocycles. The SMILES string of the molecule is CCNc1snnc1CN(CC)CC(=O)NC. The van der Waals surface area contributed by atoms with Crippen LogP contribution in [0.5, 0.6) is 0 Å². The summed E-state index contributed by atoms with van der Waals surface area (Å²) in [6.45, 7) is 6.73. The molecule has 0 aliphatic carbocycles. The van der Waals surface area contributed by atoms with Crippen molar-refractivity contribution >= 4 is 22.4 Å². The molecule has 0 bridgehead atoms. The topological polar surface area (TPSA) is 70.2 Å². The van der Waals surface area contributed by atoms with Gasteiger partial charge in [-0.05, 0) is 13.5 Å². The zero-order valence-corrected chi connectivity index (χ0v) is 11.3. The van der Waals surface area contributed by atoms with Gasteiger partial charge in [-0.3, -0.25) is 9.69 Å². The second kappa shape index (κ2) is 7.18. The molecule has 1 rings (SSSR count). The maximum Gasteiger partial charge on any atom is 0.233 e. The van der Waals surface area contributed by atoms with E-state index in [9.17, 15) is 4.79 Å². The summed E-state index contributed by atoms with van der Waals surface area (Å²) >= 11 is 1.35. The Morgan fingerprint density at radius 2 is 2.24 bits per heavy atom. The van der Waals surface area contributed by atoms with E-state index in [0.717, 1.165) is 23.8 Å². The molecule has 0 unspecified atom stereocenters. The molecule has 96 valence electrons. The Kier molecular flexibility index (Phi) is 5.85. The highest BCUT2D eigenvalue weighted by molar-refractivity contribution is 7.10. The third-order valence-corrected chi connectivity index (χ3v) is 3.09. The van der Waals surface area contributed by atoms with E-state index in [4.69, 9.17) is 0 Å². The first kappa shape index (κ1) is 13.9. The second-order valence-corrected chi connectivity index (χ2v) is 4.31. The molecular formula is C10H19N5OS. The maximum atomic E-state index is 11.3. The van der Waals surface area contributed by atoms with Crippen molar-refractivity contribution in [1.82, 2.24) is 19.8 Å². The van der Waals surface area contributed by atoms with Crippen molar-refractivity contribution < 1.29 is 4.79 Å². The van der Waals surface area contributed by atoms with Gasteiger partial charge in [0.1, 0.15) is 10.7 Å². The van der Waals surface area contributed by atoms with Gasteiger partial charge in [-0.1, -0.05) is 11.4 Å². The molecule has 0 atom stereocenters. The van der Waals surface area contributed by atoms with Crippen LogP contribution in [-0.4, -0.2) is 47.1 Å². The number of hydrogen-bond acceptors (Lipinski definition) is 6. The van der Waals surface area contributed by atoms with Crippen molar-refractivity contribution in [2.45, 2.75) is 20.4 Å². The summed E-state index contributed by atoms with van der Waals surface area (Å²) in [6, 6.07) is 0. The normalized spacial score (nSPS) is 10.6. The molecule has 7 heteroatoms. The monoisotopic (exact) mass is 257 g/mol. The van der Waals surface area contributed by atoms with Crippen molar-refractivity contribution in [1.29, 1.82) is 0 Å². The average molecular weight is 257 g/mol. The van der Waals surface area contributed by atoms with E-state index in [1.54, 1.807) is 7.05 Å². The Labute approximate surface area is 106 Å². The predicted molar refractivity (Wildman–Crippen MR) is 69.1 cm³/mol. The highest BCUT2D eigenvalue weighted by atomic mass is 32.1. The van der Waals surface area contributed by atoms with Crippen LogP contribution in [0.25, 0.3) is 0 Å². The first-order valence-electron chi connectivity index (χ1n) is 5.69. The molecule has 0 aliphatic heterocycles. The minimum atomic E-state index is 0.0139. The van der Waals surface area contributed by atoms with Crippen molar-refractivity contribution in [3.63, 3.8) is 0 Å². The van der Waals surface area contributed by atoms with Gasteiger partial charge in [-0.2, -0.15) is 0 Å². The molecule has 0 fully saturated rings. The van der Waals surface area contributed by atoms with E-state index in [1.807, 2.05) is 18.7 Å². The smallest absolute Gasteiger partial charge is 0.233 e. The molecule has 2 N–H and O–H groups in total. The van der Waals surface area contributed by atoms with Crippen LogP contribution in [-0.2, 0) is 11.3 Å². The summed E-state index contributed by atoms with van der Waals surface area (Å²) in [7, 11) is 1.64. The van der Waals surface area contributed by atoms with Gasteiger partial charge in [0.15, 0.2) is 0 Å². The molecule has 1 amide bonds. The van der Waals surface area contributed by atoms with Gasteiger partial charge in [0, 0.05) is 31.7 Å².